The minimum atomic E-state index is 0.429. The second-order valence-electron chi connectivity index (χ2n) is 6.02. The smallest absolute Gasteiger partial charge is 0.0786 e. The quantitative estimate of drug-likeness (QED) is 0.589. The molecule has 0 radical (unpaired) electrons. The van der Waals surface area contributed by atoms with E-state index in [-0.39, 0.29) is 0 Å². The second kappa shape index (κ2) is 5.33. The zero-order valence-electron chi connectivity index (χ0n) is 13.1. The van der Waals surface area contributed by atoms with E-state index in [9.17, 15) is 0 Å². The van der Waals surface area contributed by atoms with Gasteiger partial charge in [0.05, 0.1) is 5.69 Å². The molecule has 106 valence electrons. The molecule has 0 aliphatic heterocycles. The van der Waals surface area contributed by atoms with Crippen LogP contribution in [0.25, 0.3) is 22.0 Å². The van der Waals surface area contributed by atoms with E-state index in [1.807, 2.05) is 0 Å². The molecule has 0 aliphatic carbocycles. The normalized spacial score (nSPS) is 11.3. The van der Waals surface area contributed by atoms with Crippen LogP contribution in [-0.2, 0) is 0 Å². The SMILES string of the molecule is Cc1cccc(-c2nc(C(C)C)cc3ccccc23)c1C. The summed E-state index contributed by atoms with van der Waals surface area (Å²) in [5, 5.41) is 2.50. The van der Waals surface area contributed by atoms with Gasteiger partial charge in [0, 0.05) is 16.6 Å². The Kier molecular flexibility index (Phi) is 3.50. The molecular formula is C20H21N. The molecule has 21 heavy (non-hydrogen) atoms. The number of hydrogen-bond donors (Lipinski definition) is 0. The van der Waals surface area contributed by atoms with Gasteiger partial charge in [0.15, 0.2) is 0 Å². The molecule has 0 saturated carbocycles. The van der Waals surface area contributed by atoms with Gasteiger partial charge in [0.2, 0.25) is 0 Å². The van der Waals surface area contributed by atoms with Crippen molar-refractivity contribution in [1.82, 2.24) is 4.98 Å². The minimum Gasteiger partial charge on any atom is -0.252 e. The lowest BCUT2D eigenvalue weighted by molar-refractivity contribution is 0.827. The van der Waals surface area contributed by atoms with Gasteiger partial charge in [0.1, 0.15) is 0 Å². The molecule has 0 fully saturated rings. The summed E-state index contributed by atoms with van der Waals surface area (Å²) in [4.78, 5) is 4.97. The number of aryl methyl sites for hydroxylation is 1. The molecular weight excluding hydrogens is 254 g/mol. The van der Waals surface area contributed by atoms with E-state index in [1.54, 1.807) is 0 Å². The first-order chi connectivity index (χ1) is 10.1. The van der Waals surface area contributed by atoms with Crippen molar-refractivity contribution < 1.29 is 0 Å². The maximum Gasteiger partial charge on any atom is 0.0786 e. The third-order valence-corrected chi connectivity index (χ3v) is 4.21. The Morgan fingerprint density at radius 1 is 0.905 bits per heavy atom. The highest BCUT2D eigenvalue weighted by Crippen LogP contribution is 2.32. The third kappa shape index (κ3) is 2.44. The molecule has 1 aromatic heterocycles. The molecule has 3 aromatic rings. The van der Waals surface area contributed by atoms with Crippen molar-refractivity contribution in [2.45, 2.75) is 33.6 Å². The summed E-state index contributed by atoms with van der Waals surface area (Å²) in [5.74, 6) is 0.429. The fourth-order valence-corrected chi connectivity index (χ4v) is 2.73. The van der Waals surface area contributed by atoms with Crippen LogP contribution in [0.2, 0.25) is 0 Å². The maximum absolute atomic E-state index is 4.97. The van der Waals surface area contributed by atoms with E-state index in [0.29, 0.717) is 5.92 Å². The number of fused-ring (bicyclic) bond motifs is 1. The van der Waals surface area contributed by atoms with Gasteiger partial charge < -0.3 is 0 Å². The Hall–Kier alpha value is -2.15. The second-order valence-corrected chi connectivity index (χ2v) is 6.02. The molecule has 0 aliphatic rings. The summed E-state index contributed by atoms with van der Waals surface area (Å²) in [6.45, 7) is 8.74. The van der Waals surface area contributed by atoms with Crippen molar-refractivity contribution in [2.24, 2.45) is 0 Å². The molecule has 0 spiro atoms. The van der Waals surface area contributed by atoms with Gasteiger partial charge in [-0.2, -0.15) is 0 Å². The lowest BCUT2D eigenvalue weighted by Gasteiger charge is -2.14. The van der Waals surface area contributed by atoms with Crippen molar-refractivity contribution in [3.05, 3.63) is 65.4 Å². The van der Waals surface area contributed by atoms with Gasteiger partial charge in [-0.25, -0.2) is 0 Å². The highest BCUT2D eigenvalue weighted by Gasteiger charge is 2.12. The topological polar surface area (TPSA) is 12.9 Å². The van der Waals surface area contributed by atoms with E-state index < -0.39 is 0 Å². The van der Waals surface area contributed by atoms with Gasteiger partial charge in [-0.15, -0.1) is 0 Å². The summed E-state index contributed by atoms with van der Waals surface area (Å²) in [5.41, 5.74) is 6.14. The lowest BCUT2D eigenvalue weighted by atomic mass is 9.95. The maximum atomic E-state index is 4.97. The van der Waals surface area contributed by atoms with Crippen LogP contribution in [0.15, 0.2) is 48.5 Å². The number of benzene rings is 2. The van der Waals surface area contributed by atoms with E-state index in [1.165, 1.54) is 27.5 Å². The van der Waals surface area contributed by atoms with Gasteiger partial charge in [0.25, 0.3) is 0 Å². The predicted molar refractivity (Wildman–Crippen MR) is 90.7 cm³/mol. The average molecular weight is 275 g/mol. The fraction of sp³-hybridized carbons (Fsp3) is 0.250. The van der Waals surface area contributed by atoms with E-state index in [2.05, 4.69) is 76.2 Å². The highest BCUT2D eigenvalue weighted by molar-refractivity contribution is 5.95. The lowest BCUT2D eigenvalue weighted by Crippen LogP contribution is -1.98. The van der Waals surface area contributed by atoms with Crippen molar-refractivity contribution in [3.8, 4) is 11.3 Å². The molecule has 1 heteroatoms. The fourth-order valence-electron chi connectivity index (χ4n) is 2.73. The minimum absolute atomic E-state index is 0.429. The summed E-state index contributed by atoms with van der Waals surface area (Å²) >= 11 is 0. The van der Waals surface area contributed by atoms with E-state index in [0.717, 1.165) is 11.4 Å². The number of rotatable bonds is 2. The van der Waals surface area contributed by atoms with Crippen LogP contribution in [0.3, 0.4) is 0 Å². The van der Waals surface area contributed by atoms with Crippen molar-refractivity contribution in [2.75, 3.05) is 0 Å². The van der Waals surface area contributed by atoms with E-state index in [4.69, 9.17) is 4.98 Å². The van der Waals surface area contributed by atoms with Crippen LogP contribution < -0.4 is 0 Å². The standard InChI is InChI=1S/C20H21N/c1-13(2)19-12-16-9-5-6-10-18(16)20(21-19)17-11-7-8-14(3)15(17)4/h5-13H,1-4H3. The van der Waals surface area contributed by atoms with Crippen molar-refractivity contribution >= 4 is 10.8 Å². The molecule has 3 rings (SSSR count). The number of aromatic nitrogens is 1. The summed E-state index contributed by atoms with van der Waals surface area (Å²) < 4.78 is 0. The molecule has 0 unspecified atom stereocenters. The third-order valence-electron chi connectivity index (χ3n) is 4.21. The van der Waals surface area contributed by atoms with Crippen LogP contribution in [-0.4, -0.2) is 4.98 Å². The summed E-state index contributed by atoms with van der Waals surface area (Å²) in [6.07, 6.45) is 0. The largest absolute Gasteiger partial charge is 0.252 e. The molecule has 0 atom stereocenters. The molecule has 0 bridgehead atoms. The first-order valence-corrected chi connectivity index (χ1v) is 7.54. The van der Waals surface area contributed by atoms with Gasteiger partial charge >= 0.3 is 0 Å². The molecule has 0 N–H and O–H groups in total. The Morgan fingerprint density at radius 3 is 2.43 bits per heavy atom. The van der Waals surface area contributed by atoms with Crippen LogP contribution in [0.1, 0.15) is 36.6 Å². The molecule has 1 nitrogen and oxygen atoms in total. The number of pyridine rings is 1. The van der Waals surface area contributed by atoms with Crippen molar-refractivity contribution in [3.63, 3.8) is 0 Å². The van der Waals surface area contributed by atoms with Gasteiger partial charge in [-0.05, 0) is 42.3 Å². The number of hydrogen-bond acceptors (Lipinski definition) is 1. The zero-order chi connectivity index (χ0) is 15.0. The van der Waals surface area contributed by atoms with Crippen LogP contribution in [0, 0.1) is 13.8 Å². The molecule has 1 heterocycles. The Bertz CT molecular complexity index is 800. The Morgan fingerprint density at radius 2 is 1.67 bits per heavy atom. The first-order valence-electron chi connectivity index (χ1n) is 7.54. The summed E-state index contributed by atoms with van der Waals surface area (Å²) in [7, 11) is 0. The van der Waals surface area contributed by atoms with Gasteiger partial charge in [-0.3, -0.25) is 4.98 Å². The van der Waals surface area contributed by atoms with Crippen LogP contribution >= 0.6 is 0 Å². The molecule has 0 saturated heterocycles. The Labute approximate surface area is 126 Å². The predicted octanol–water partition coefficient (Wildman–Crippen LogP) is 5.64. The van der Waals surface area contributed by atoms with Crippen LogP contribution in [0.5, 0.6) is 0 Å². The van der Waals surface area contributed by atoms with E-state index >= 15 is 0 Å². The van der Waals surface area contributed by atoms with Crippen molar-refractivity contribution in [1.29, 1.82) is 0 Å². The summed E-state index contributed by atoms with van der Waals surface area (Å²) in [6, 6.07) is 17.2. The first kappa shape index (κ1) is 13.8. The zero-order valence-corrected chi connectivity index (χ0v) is 13.1. The molecule has 2 aromatic carbocycles. The van der Waals surface area contributed by atoms with Crippen LogP contribution in [0.4, 0.5) is 0 Å². The number of nitrogens with zero attached hydrogens (tertiary/aromatic N) is 1. The Balaban J connectivity index is 2.37. The average Bonchev–Trinajstić information content (AvgIpc) is 2.49. The highest BCUT2D eigenvalue weighted by atomic mass is 14.7. The monoisotopic (exact) mass is 275 g/mol. The molecule has 0 amide bonds. The van der Waals surface area contributed by atoms with Gasteiger partial charge in [-0.1, -0.05) is 56.3 Å².